The molecule has 0 heterocycles. The van der Waals surface area contributed by atoms with E-state index in [-0.39, 0.29) is 0 Å². The van der Waals surface area contributed by atoms with Crippen LogP contribution in [-0.4, -0.2) is 7.05 Å². The molecule has 1 nitrogen and oxygen atoms in total. The molecular formula is C9H13N. The van der Waals surface area contributed by atoms with E-state index in [1.54, 1.807) is 0 Å². The number of hydrogen-bond donors (Lipinski definition) is 1. The van der Waals surface area contributed by atoms with Gasteiger partial charge in [-0.25, -0.2) is 0 Å². The van der Waals surface area contributed by atoms with E-state index in [4.69, 9.17) is 0 Å². The first kappa shape index (κ1) is 7.13. The van der Waals surface area contributed by atoms with Gasteiger partial charge in [0.15, 0.2) is 0 Å². The van der Waals surface area contributed by atoms with Gasteiger partial charge in [-0.2, -0.15) is 0 Å². The lowest BCUT2D eigenvalue weighted by molar-refractivity contribution is 0.972. The summed E-state index contributed by atoms with van der Waals surface area (Å²) in [7, 11) is 1.89. The van der Waals surface area contributed by atoms with Crippen LogP contribution in [-0.2, 0) is 0 Å². The van der Waals surface area contributed by atoms with Crippen molar-refractivity contribution in [2.45, 2.75) is 12.8 Å². The third kappa shape index (κ3) is 1.50. The molecule has 1 aliphatic rings. The molecule has 0 aliphatic heterocycles. The lowest BCUT2D eigenvalue weighted by Crippen LogP contribution is -2.06. The minimum absolute atomic E-state index is 1.01. The molecule has 0 bridgehead atoms. The van der Waals surface area contributed by atoms with Gasteiger partial charge in [0.2, 0.25) is 0 Å². The van der Waals surface area contributed by atoms with Gasteiger partial charge in [0.25, 0.3) is 0 Å². The zero-order valence-electron chi connectivity index (χ0n) is 6.35. The van der Waals surface area contributed by atoms with Crippen LogP contribution in [0.4, 0.5) is 0 Å². The van der Waals surface area contributed by atoms with Crippen molar-refractivity contribution in [2.75, 3.05) is 7.05 Å². The predicted octanol–water partition coefficient (Wildman–Crippen LogP) is 2.00. The molecule has 10 heavy (non-hydrogen) atoms. The van der Waals surface area contributed by atoms with Crippen LogP contribution in [0.3, 0.4) is 0 Å². The summed E-state index contributed by atoms with van der Waals surface area (Å²) >= 11 is 0. The normalized spacial score (nSPS) is 16.3. The molecule has 0 spiro atoms. The van der Waals surface area contributed by atoms with Crippen LogP contribution in [0.5, 0.6) is 0 Å². The Bertz CT molecular complexity index is 187. The van der Waals surface area contributed by atoms with Crippen LogP contribution in [0.15, 0.2) is 36.1 Å². The average molecular weight is 135 g/mol. The highest BCUT2D eigenvalue weighted by molar-refractivity contribution is 5.38. The van der Waals surface area contributed by atoms with Crippen molar-refractivity contribution in [1.82, 2.24) is 5.32 Å². The summed E-state index contributed by atoms with van der Waals surface area (Å²) in [6.45, 7) is 3.87. The Morgan fingerprint density at radius 3 is 2.90 bits per heavy atom. The molecule has 0 saturated heterocycles. The van der Waals surface area contributed by atoms with Gasteiger partial charge in [0.05, 0.1) is 0 Å². The van der Waals surface area contributed by atoms with E-state index < -0.39 is 0 Å². The van der Waals surface area contributed by atoms with Crippen molar-refractivity contribution in [3.63, 3.8) is 0 Å². The molecule has 0 aromatic rings. The molecule has 0 amide bonds. The van der Waals surface area contributed by atoms with Crippen molar-refractivity contribution >= 4 is 0 Å². The molecule has 0 aromatic carbocycles. The van der Waals surface area contributed by atoms with Crippen LogP contribution >= 0.6 is 0 Å². The van der Waals surface area contributed by atoms with Gasteiger partial charge in [-0.1, -0.05) is 24.8 Å². The molecule has 0 atom stereocenters. The van der Waals surface area contributed by atoms with E-state index in [2.05, 4.69) is 30.1 Å². The Balaban J connectivity index is 2.63. The Labute approximate surface area is 62.1 Å². The molecule has 0 unspecified atom stereocenters. The molecule has 0 aromatic heterocycles. The fourth-order valence-corrected chi connectivity index (χ4v) is 0.982. The molecule has 1 aliphatic carbocycles. The van der Waals surface area contributed by atoms with Crippen molar-refractivity contribution < 1.29 is 0 Å². The van der Waals surface area contributed by atoms with Gasteiger partial charge in [-0.05, 0) is 18.4 Å². The van der Waals surface area contributed by atoms with Crippen molar-refractivity contribution in [2.24, 2.45) is 0 Å². The summed E-state index contributed by atoms with van der Waals surface area (Å²) in [5.74, 6) is 0. The van der Waals surface area contributed by atoms with E-state index in [1.807, 2.05) is 7.05 Å². The fourth-order valence-electron chi connectivity index (χ4n) is 0.982. The second-order valence-electron chi connectivity index (χ2n) is 2.37. The second kappa shape index (κ2) is 3.25. The largest absolute Gasteiger partial charge is 0.388 e. The highest BCUT2D eigenvalue weighted by Crippen LogP contribution is 2.13. The van der Waals surface area contributed by atoms with Gasteiger partial charge in [0, 0.05) is 12.7 Å². The first-order chi connectivity index (χ1) is 4.84. The van der Waals surface area contributed by atoms with Crippen LogP contribution in [0, 0.1) is 0 Å². The highest BCUT2D eigenvalue weighted by atomic mass is 14.8. The van der Waals surface area contributed by atoms with Crippen LogP contribution in [0.2, 0.25) is 0 Å². The number of allylic oxidation sites excluding steroid dienone is 3. The molecule has 1 N–H and O–H groups in total. The van der Waals surface area contributed by atoms with E-state index in [1.165, 1.54) is 12.0 Å². The molecule has 1 rings (SSSR count). The van der Waals surface area contributed by atoms with Gasteiger partial charge < -0.3 is 5.32 Å². The summed E-state index contributed by atoms with van der Waals surface area (Å²) in [4.78, 5) is 0. The zero-order chi connectivity index (χ0) is 7.40. The summed E-state index contributed by atoms with van der Waals surface area (Å²) in [5, 5.41) is 3.02. The number of likely N-dealkylation sites (N-methyl/N-ethyl adjacent to an activating group) is 1. The van der Waals surface area contributed by atoms with Crippen molar-refractivity contribution in [3.05, 3.63) is 36.1 Å². The minimum atomic E-state index is 1.01. The Hall–Kier alpha value is -0.980. The molecule has 0 saturated carbocycles. The smallest absolute Gasteiger partial charge is 0.0334 e. The zero-order valence-corrected chi connectivity index (χ0v) is 6.35. The Morgan fingerprint density at radius 1 is 1.60 bits per heavy atom. The number of hydrogen-bond acceptors (Lipinski definition) is 1. The first-order valence-corrected chi connectivity index (χ1v) is 3.58. The Morgan fingerprint density at radius 2 is 2.40 bits per heavy atom. The maximum atomic E-state index is 3.87. The maximum Gasteiger partial charge on any atom is 0.0334 e. The monoisotopic (exact) mass is 135 g/mol. The lowest BCUT2D eigenvalue weighted by Gasteiger charge is -2.08. The number of nitrogens with one attached hydrogen (secondary N) is 1. The molecule has 54 valence electrons. The van der Waals surface area contributed by atoms with Crippen molar-refractivity contribution in [1.29, 1.82) is 0 Å². The van der Waals surface area contributed by atoms with E-state index >= 15 is 0 Å². The summed E-state index contributed by atoms with van der Waals surface area (Å²) in [6, 6.07) is 0. The molecule has 1 heteroatoms. The minimum Gasteiger partial charge on any atom is -0.388 e. The standard InChI is InChI=1S/C9H13N/c1-8(10-2)9-6-4-3-5-7-9/h4,6-7,10H,1,3,5H2,2H3. The van der Waals surface area contributed by atoms with Crippen molar-refractivity contribution in [3.8, 4) is 0 Å². The van der Waals surface area contributed by atoms with E-state index in [0.717, 1.165) is 12.1 Å². The predicted molar refractivity (Wildman–Crippen MR) is 44.7 cm³/mol. The topological polar surface area (TPSA) is 12.0 Å². The molecule has 0 radical (unpaired) electrons. The van der Waals surface area contributed by atoms with Gasteiger partial charge in [0.1, 0.15) is 0 Å². The van der Waals surface area contributed by atoms with E-state index in [0.29, 0.717) is 0 Å². The van der Waals surface area contributed by atoms with Crippen LogP contribution < -0.4 is 5.32 Å². The molecule has 0 fully saturated rings. The lowest BCUT2D eigenvalue weighted by atomic mass is 10.1. The summed E-state index contributed by atoms with van der Waals surface area (Å²) in [6.07, 6.45) is 8.81. The second-order valence-corrected chi connectivity index (χ2v) is 2.37. The number of rotatable bonds is 2. The third-order valence-corrected chi connectivity index (χ3v) is 1.65. The maximum absolute atomic E-state index is 3.87. The van der Waals surface area contributed by atoms with Gasteiger partial charge in [-0.3, -0.25) is 0 Å². The SMILES string of the molecule is C=C(NC)C1=CCCC=C1. The van der Waals surface area contributed by atoms with Gasteiger partial charge >= 0.3 is 0 Å². The molecular weight excluding hydrogens is 122 g/mol. The van der Waals surface area contributed by atoms with Gasteiger partial charge in [-0.15, -0.1) is 0 Å². The third-order valence-electron chi connectivity index (χ3n) is 1.65. The fraction of sp³-hybridized carbons (Fsp3) is 0.333. The first-order valence-electron chi connectivity index (χ1n) is 3.58. The summed E-state index contributed by atoms with van der Waals surface area (Å²) in [5.41, 5.74) is 2.24. The van der Waals surface area contributed by atoms with E-state index in [9.17, 15) is 0 Å². The summed E-state index contributed by atoms with van der Waals surface area (Å²) < 4.78 is 0. The van der Waals surface area contributed by atoms with Crippen LogP contribution in [0.25, 0.3) is 0 Å². The Kier molecular flexibility index (Phi) is 2.32. The highest BCUT2D eigenvalue weighted by Gasteiger charge is 1.98. The quantitative estimate of drug-likeness (QED) is 0.610. The van der Waals surface area contributed by atoms with Crippen LogP contribution in [0.1, 0.15) is 12.8 Å². The average Bonchev–Trinajstić information content (AvgIpc) is 2.05.